The summed E-state index contributed by atoms with van der Waals surface area (Å²) in [6.45, 7) is 6.60. The van der Waals surface area contributed by atoms with Gasteiger partial charge in [-0.15, -0.1) is 0 Å². The monoisotopic (exact) mass is 843 g/mol. The summed E-state index contributed by atoms with van der Waals surface area (Å²) < 4.78 is 16.8. The Morgan fingerprint density at radius 2 is 0.550 bits per heavy atom. The molecule has 0 aliphatic rings. The Hall–Kier alpha value is -2.37. The second kappa shape index (κ2) is 49.3. The highest BCUT2D eigenvalue weighted by molar-refractivity contribution is 5.71. The average molecular weight is 843 g/mol. The molecule has 0 radical (unpaired) electrons. The molecular weight excluding hydrogens is 745 g/mol. The van der Waals surface area contributed by atoms with E-state index in [4.69, 9.17) is 14.2 Å². The molecule has 6 nitrogen and oxygen atoms in total. The van der Waals surface area contributed by atoms with Gasteiger partial charge in [-0.1, -0.05) is 192 Å². The van der Waals surface area contributed by atoms with E-state index in [1.807, 2.05) is 0 Å². The quantitative estimate of drug-likeness (QED) is 0.0263. The third kappa shape index (κ3) is 46.7. The van der Waals surface area contributed by atoms with Crippen molar-refractivity contribution in [1.82, 2.24) is 0 Å². The summed E-state index contributed by atoms with van der Waals surface area (Å²) in [6.07, 6.45) is 56.9. The first-order valence-corrected chi connectivity index (χ1v) is 26.0. The zero-order valence-electron chi connectivity index (χ0n) is 40.0. The van der Waals surface area contributed by atoms with Gasteiger partial charge in [0.05, 0.1) is 0 Å². The maximum atomic E-state index is 12.8. The molecule has 0 saturated heterocycles. The predicted molar refractivity (Wildman–Crippen MR) is 256 cm³/mol. The molecule has 0 aliphatic heterocycles. The molecule has 0 fully saturated rings. The molecule has 0 amide bonds. The Morgan fingerprint density at radius 3 is 0.867 bits per heavy atom. The molecule has 6 heteroatoms. The molecule has 350 valence electrons. The Bertz CT molecular complexity index is 1020. The van der Waals surface area contributed by atoms with Crippen molar-refractivity contribution in [2.24, 2.45) is 0 Å². The summed E-state index contributed by atoms with van der Waals surface area (Å²) >= 11 is 0. The van der Waals surface area contributed by atoms with Gasteiger partial charge >= 0.3 is 17.9 Å². The van der Waals surface area contributed by atoms with Gasteiger partial charge in [0.1, 0.15) is 13.2 Å². The molecule has 0 bridgehead atoms. The van der Waals surface area contributed by atoms with Crippen LogP contribution in [-0.2, 0) is 28.6 Å². The molecule has 0 heterocycles. The lowest BCUT2D eigenvalue weighted by atomic mass is 10.1. The van der Waals surface area contributed by atoms with Gasteiger partial charge in [0.25, 0.3) is 0 Å². The Balaban J connectivity index is 4.38. The topological polar surface area (TPSA) is 78.9 Å². The molecule has 0 unspecified atom stereocenters. The van der Waals surface area contributed by atoms with E-state index in [0.717, 1.165) is 83.5 Å². The van der Waals surface area contributed by atoms with Crippen molar-refractivity contribution in [3.63, 3.8) is 0 Å². The number of hydrogen-bond donors (Lipinski definition) is 0. The summed E-state index contributed by atoms with van der Waals surface area (Å²) in [7, 11) is 0. The molecule has 0 aliphatic carbocycles. The largest absolute Gasteiger partial charge is 0.462 e. The van der Waals surface area contributed by atoms with E-state index in [0.29, 0.717) is 19.3 Å². The molecule has 0 aromatic carbocycles. The molecule has 0 aromatic heterocycles. The van der Waals surface area contributed by atoms with Crippen molar-refractivity contribution in [3.8, 4) is 0 Å². The number of hydrogen-bond acceptors (Lipinski definition) is 6. The van der Waals surface area contributed by atoms with Crippen LogP contribution in [0.25, 0.3) is 0 Å². The highest BCUT2D eigenvalue weighted by Crippen LogP contribution is 2.14. The first-order valence-electron chi connectivity index (χ1n) is 26.0. The fraction of sp³-hybridized carbons (Fsp3) is 0.833. The van der Waals surface area contributed by atoms with Gasteiger partial charge in [0.2, 0.25) is 0 Å². The third-order valence-electron chi connectivity index (χ3n) is 11.3. The van der Waals surface area contributed by atoms with E-state index in [-0.39, 0.29) is 31.1 Å². The van der Waals surface area contributed by atoms with Crippen LogP contribution in [0.4, 0.5) is 0 Å². The SMILES string of the molecule is CCCCC/C=C\CCCCCCCC(=O)OC[C@H](COC(=O)CCCCCCC/C=C\CCCCCCCCC)OC(=O)CCCCCCC/C=C\CCCCCCC. The minimum Gasteiger partial charge on any atom is -0.462 e. The van der Waals surface area contributed by atoms with Gasteiger partial charge in [-0.05, 0) is 96.3 Å². The second-order valence-corrected chi connectivity index (χ2v) is 17.4. The van der Waals surface area contributed by atoms with E-state index in [1.54, 1.807) is 0 Å². The zero-order chi connectivity index (χ0) is 43.7. The average Bonchev–Trinajstić information content (AvgIpc) is 3.24. The van der Waals surface area contributed by atoms with Crippen molar-refractivity contribution in [2.45, 2.75) is 277 Å². The van der Waals surface area contributed by atoms with Crippen LogP contribution in [0.3, 0.4) is 0 Å². The zero-order valence-corrected chi connectivity index (χ0v) is 40.0. The molecule has 0 N–H and O–H groups in total. The van der Waals surface area contributed by atoms with Crippen LogP contribution in [0.2, 0.25) is 0 Å². The fourth-order valence-corrected chi connectivity index (χ4v) is 7.37. The van der Waals surface area contributed by atoms with Crippen molar-refractivity contribution < 1.29 is 28.6 Å². The Labute approximate surface area is 372 Å². The Kier molecular flexibility index (Phi) is 47.3. The number of esters is 3. The maximum absolute atomic E-state index is 12.8. The summed E-state index contributed by atoms with van der Waals surface area (Å²) in [4.78, 5) is 37.9. The molecule has 0 spiro atoms. The van der Waals surface area contributed by atoms with E-state index < -0.39 is 6.10 Å². The number of allylic oxidation sites excluding steroid dienone is 6. The highest BCUT2D eigenvalue weighted by atomic mass is 16.6. The smallest absolute Gasteiger partial charge is 0.306 e. The van der Waals surface area contributed by atoms with Crippen LogP contribution >= 0.6 is 0 Å². The fourth-order valence-electron chi connectivity index (χ4n) is 7.37. The normalized spacial score (nSPS) is 12.2. The van der Waals surface area contributed by atoms with Gasteiger partial charge in [0, 0.05) is 19.3 Å². The van der Waals surface area contributed by atoms with Crippen LogP contribution in [-0.4, -0.2) is 37.2 Å². The summed E-state index contributed by atoms with van der Waals surface area (Å²) in [5, 5.41) is 0. The minimum atomic E-state index is -0.780. The third-order valence-corrected chi connectivity index (χ3v) is 11.3. The lowest BCUT2D eigenvalue weighted by Gasteiger charge is -2.18. The first-order chi connectivity index (χ1) is 29.5. The van der Waals surface area contributed by atoms with Gasteiger partial charge < -0.3 is 14.2 Å². The van der Waals surface area contributed by atoms with Gasteiger partial charge in [0.15, 0.2) is 6.10 Å². The van der Waals surface area contributed by atoms with Crippen LogP contribution in [0.1, 0.15) is 271 Å². The number of carbonyl (C=O) groups is 3. The van der Waals surface area contributed by atoms with Crippen LogP contribution in [0.15, 0.2) is 36.5 Å². The van der Waals surface area contributed by atoms with Gasteiger partial charge in [-0.3, -0.25) is 14.4 Å². The van der Waals surface area contributed by atoms with Crippen molar-refractivity contribution >= 4 is 17.9 Å². The second-order valence-electron chi connectivity index (χ2n) is 17.4. The van der Waals surface area contributed by atoms with Crippen LogP contribution in [0.5, 0.6) is 0 Å². The number of rotatable bonds is 47. The minimum absolute atomic E-state index is 0.0810. The van der Waals surface area contributed by atoms with E-state index in [1.165, 1.54) is 148 Å². The summed E-state index contributed by atoms with van der Waals surface area (Å²) in [5.74, 6) is -0.898. The maximum Gasteiger partial charge on any atom is 0.306 e. The van der Waals surface area contributed by atoms with Gasteiger partial charge in [-0.25, -0.2) is 0 Å². The number of unbranched alkanes of at least 4 members (excludes halogenated alkanes) is 30. The predicted octanol–water partition coefficient (Wildman–Crippen LogP) is 16.9. The molecule has 60 heavy (non-hydrogen) atoms. The van der Waals surface area contributed by atoms with Crippen molar-refractivity contribution in [1.29, 1.82) is 0 Å². The van der Waals surface area contributed by atoms with Crippen molar-refractivity contribution in [2.75, 3.05) is 13.2 Å². The lowest BCUT2D eigenvalue weighted by molar-refractivity contribution is -0.167. The molecule has 1 atom stereocenters. The molecule has 0 rings (SSSR count). The first kappa shape index (κ1) is 57.6. The van der Waals surface area contributed by atoms with Crippen molar-refractivity contribution in [3.05, 3.63) is 36.5 Å². The van der Waals surface area contributed by atoms with Crippen LogP contribution < -0.4 is 0 Å². The van der Waals surface area contributed by atoms with Gasteiger partial charge in [-0.2, -0.15) is 0 Å². The van der Waals surface area contributed by atoms with E-state index >= 15 is 0 Å². The molecule has 0 saturated carbocycles. The highest BCUT2D eigenvalue weighted by Gasteiger charge is 2.19. The summed E-state index contributed by atoms with van der Waals surface area (Å²) in [6, 6.07) is 0. The standard InChI is InChI=1S/C54H98O6/c1-4-7-10-13-16-19-22-25-27-28-30-32-35-38-41-44-47-53(56)59-50-51(49-58-52(55)46-43-40-37-34-31-24-21-18-15-12-9-6-3)60-54(57)48-45-42-39-36-33-29-26-23-20-17-14-11-8-5-2/h18,21,23,26-28,51H,4-17,19-20,22,24-25,29-50H2,1-3H3/b21-18-,26-23-,28-27-/t51-/m1/s1. The van der Waals surface area contributed by atoms with E-state index in [9.17, 15) is 14.4 Å². The number of ether oxygens (including phenoxy) is 3. The lowest BCUT2D eigenvalue weighted by Crippen LogP contribution is -2.30. The van der Waals surface area contributed by atoms with E-state index in [2.05, 4.69) is 57.2 Å². The Morgan fingerprint density at radius 1 is 0.317 bits per heavy atom. The number of carbonyl (C=O) groups excluding carboxylic acids is 3. The molecular formula is C54H98O6. The summed E-state index contributed by atoms with van der Waals surface area (Å²) in [5.41, 5.74) is 0. The molecule has 0 aromatic rings. The van der Waals surface area contributed by atoms with Crippen LogP contribution in [0, 0.1) is 0 Å².